The number of methoxy groups -OCH3 is 1. The minimum absolute atomic E-state index is 0. The van der Waals surface area contributed by atoms with Gasteiger partial charge in [0.15, 0.2) is 0 Å². The third-order valence-corrected chi connectivity index (χ3v) is 6.29. The van der Waals surface area contributed by atoms with E-state index in [1.54, 1.807) is 0 Å². The van der Waals surface area contributed by atoms with Crippen molar-refractivity contribution >= 4 is 28.3 Å². The van der Waals surface area contributed by atoms with Gasteiger partial charge in [0.1, 0.15) is 0 Å². The summed E-state index contributed by atoms with van der Waals surface area (Å²) in [6, 6.07) is 5.87. The van der Waals surface area contributed by atoms with Gasteiger partial charge in [0, 0.05) is 31.8 Å². The van der Waals surface area contributed by atoms with Crippen LogP contribution < -0.4 is 15.8 Å². The molecular formula is C18H30ClN3O4S. The van der Waals surface area contributed by atoms with Crippen LogP contribution in [0.1, 0.15) is 42.5 Å². The van der Waals surface area contributed by atoms with E-state index in [2.05, 4.69) is 10.0 Å². The monoisotopic (exact) mass is 419 g/mol. The van der Waals surface area contributed by atoms with Gasteiger partial charge >= 0.3 is 0 Å². The standard InChI is InChI=1S/C18H29N3O4S.ClH/c1-25-12-11-20-26(23,24)16-9-7-15(8-10-16)18(22)21-17(13-19)14-5-3-2-4-6-14;/h7-10,14,17,20H,2-6,11-13,19H2,1H3,(H,21,22);1H. The van der Waals surface area contributed by atoms with Crippen molar-refractivity contribution in [3.05, 3.63) is 29.8 Å². The lowest BCUT2D eigenvalue weighted by atomic mass is 9.84. The van der Waals surface area contributed by atoms with Gasteiger partial charge in [-0.2, -0.15) is 0 Å². The Kier molecular flexibility index (Phi) is 10.3. The first-order valence-corrected chi connectivity index (χ1v) is 10.6. The first-order valence-electron chi connectivity index (χ1n) is 9.07. The fourth-order valence-electron chi connectivity index (χ4n) is 3.30. The van der Waals surface area contributed by atoms with Crippen LogP contribution in [0.4, 0.5) is 0 Å². The number of sulfonamides is 1. The Morgan fingerprint density at radius 1 is 1.22 bits per heavy atom. The maximum atomic E-state index is 12.5. The van der Waals surface area contributed by atoms with Gasteiger partial charge in [-0.25, -0.2) is 13.1 Å². The molecule has 1 aromatic rings. The van der Waals surface area contributed by atoms with Crippen LogP contribution in [0.3, 0.4) is 0 Å². The van der Waals surface area contributed by atoms with Gasteiger partial charge in [-0.1, -0.05) is 19.3 Å². The number of carbonyl (C=O) groups is 1. The second kappa shape index (κ2) is 11.6. The van der Waals surface area contributed by atoms with Crippen LogP contribution in [0.5, 0.6) is 0 Å². The predicted molar refractivity (Wildman–Crippen MR) is 108 cm³/mol. The molecule has 1 saturated carbocycles. The molecule has 0 radical (unpaired) electrons. The number of ether oxygens (including phenoxy) is 1. The van der Waals surface area contributed by atoms with Crippen LogP contribution in [0.25, 0.3) is 0 Å². The SMILES string of the molecule is COCCNS(=O)(=O)c1ccc(C(=O)NC(CN)C2CCCCC2)cc1.Cl. The van der Waals surface area contributed by atoms with Crippen LogP contribution in [-0.4, -0.2) is 47.2 Å². The van der Waals surface area contributed by atoms with Crippen LogP contribution in [0, 0.1) is 5.92 Å². The Morgan fingerprint density at radius 2 is 1.85 bits per heavy atom. The second-order valence-corrected chi connectivity index (χ2v) is 8.40. The molecule has 27 heavy (non-hydrogen) atoms. The molecule has 1 unspecified atom stereocenters. The van der Waals surface area contributed by atoms with E-state index in [1.165, 1.54) is 50.6 Å². The lowest BCUT2D eigenvalue weighted by Gasteiger charge is -2.30. The third kappa shape index (κ3) is 7.04. The largest absolute Gasteiger partial charge is 0.383 e. The Bertz CT molecular complexity index is 676. The molecule has 1 atom stereocenters. The number of carbonyl (C=O) groups excluding carboxylic acids is 1. The van der Waals surface area contributed by atoms with Crippen molar-refractivity contribution < 1.29 is 17.9 Å². The first-order chi connectivity index (χ1) is 12.5. The Morgan fingerprint density at radius 3 is 2.41 bits per heavy atom. The smallest absolute Gasteiger partial charge is 0.251 e. The van der Waals surface area contributed by atoms with Gasteiger partial charge in [0.2, 0.25) is 10.0 Å². The van der Waals surface area contributed by atoms with Crippen LogP contribution in [-0.2, 0) is 14.8 Å². The van der Waals surface area contributed by atoms with Crippen LogP contribution in [0.2, 0.25) is 0 Å². The van der Waals surface area contributed by atoms with Crippen molar-refractivity contribution in [1.82, 2.24) is 10.0 Å². The second-order valence-electron chi connectivity index (χ2n) is 6.63. The average Bonchev–Trinajstić information content (AvgIpc) is 2.67. The number of hydrogen-bond acceptors (Lipinski definition) is 5. The minimum Gasteiger partial charge on any atom is -0.383 e. The summed E-state index contributed by atoms with van der Waals surface area (Å²) in [5.41, 5.74) is 6.28. The number of halogens is 1. The Labute approximate surface area is 167 Å². The summed E-state index contributed by atoms with van der Waals surface area (Å²) < 4.78 is 31.5. The van der Waals surface area contributed by atoms with Crippen LogP contribution in [0.15, 0.2) is 29.2 Å². The minimum atomic E-state index is -3.60. The maximum absolute atomic E-state index is 12.5. The molecule has 1 fully saturated rings. The van der Waals surface area contributed by atoms with E-state index >= 15 is 0 Å². The van der Waals surface area contributed by atoms with E-state index in [9.17, 15) is 13.2 Å². The summed E-state index contributed by atoms with van der Waals surface area (Å²) in [6.07, 6.45) is 5.79. The highest BCUT2D eigenvalue weighted by Crippen LogP contribution is 2.26. The molecule has 2 rings (SSSR count). The number of benzene rings is 1. The van der Waals surface area contributed by atoms with E-state index in [-0.39, 0.29) is 35.8 Å². The lowest BCUT2D eigenvalue weighted by Crippen LogP contribution is -2.45. The molecule has 0 saturated heterocycles. The molecule has 0 heterocycles. The van der Waals surface area contributed by atoms with Gasteiger partial charge in [-0.05, 0) is 43.0 Å². The average molecular weight is 420 g/mol. The molecule has 0 aromatic heterocycles. The van der Waals surface area contributed by atoms with E-state index in [1.807, 2.05) is 0 Å². The first kappa shape index (κ1) is 23.8. The molecule has 0 spiro atoms. The molecule has 4 N–H and O–H groups in total. The fraction of sp³-hybridized carbons (Fsp3) is 0.611. The highest BCUT2D eigenvalue weighted by atomic mass is 35.5. The van der Waals surface area contributed by atoms with E-state index < -0.39 is 10.0 Å². The van der Waals surface area contributed by atoms with Crippen molar-refractivity contribution in [2.75, 3.05) is 26.8 Å². The summed E-state index contributed by atoms with van der Waals surface area (Å²) in [5.74, 6) is 0.199. The zero-order valence-corrected chi connectivity index (χ0v) is 17.3. The van der Waals surface area contributed by atoms with Gasteiger partial charge < -0.3 is 15.8 Å². The normalized spacial score (nSPS) is 16.4. The molecular weight excluding hydrogens is 390 g/mol. The van der Waals surface area contributed by atoms with Gasteiger partial charge in [-0.15, -0.1) is 12.4 Å². The maximum Gasteiger partial charge on any atom is 0.251 e. The van der Waals surface area contributed by atoms with E-state index in [4.69, 9.17) is 10.5 Å². The fourth-order valence-corrected chi connectivity index (χ4v) is 4.32. The van der Waals surface area contributed by atoms with Crippen molar-refractivity contribution in [2.24, 2.45) is 11.7 Å². The zero-order chi connectivity index (χ0) is 19.0. The molecule has 1 aliphatic carbocycles. The molecule has 154 valence electrons. The number of nitrogens with one attached hydrogen (secondary N) is 2. The van der Waals surface area contributed by atoms with Gasteiger partial charge in [0.25, 0.3) is 5.91 Å². The third-order valence-electron chi connectivity index (χ3n) is 4.81. The zero-order valence-electron chi connectivity index (χ0n) is 15.6. The number of hydrogen-bond donors (Lipinski definition) is 3. The van der Waals surface area contributed by atoms with E-state index in [0.717, 1.165) is 12.8 Å². The van der Waals surface area contributed by atoms with Crippen molar-refractivity contribution in [3.8, 4) is 0 Å². The Hall–Kier alpha value is -1.19. The molecule has 0 aliphatic heterocycles. The summed E-state index contributed by atoms with van der Waals surface area (Å²) in [7, 11) is -2.10. The summed E-state index contributed by atoms with van der Waals surface area (Å²) in [5, 5.41) is 3.01. The molecule has 1 aromatic carbocycles. The molecule has 9 heteroatoms. The molecule has 7 nitrogen and oxygen atoms in total. The van der Waals surface area contributed by atoms with Crippen molar-refractivity contribution in [1.29, 1.82) is 0 Å². The highest BCUT2D eigenvalue weighted by molar-refractivity contribution is 7.89. The topological polar surface area (TPSA) is 111 Å². The molecule has 0 bridgehead atoms. The number of amides is 1. The summed E-state index contributed by atoms with van der Waals surface area (Å²) >= 11 is 0. The number of nitrogens with two attached hydrogens (primary N) is 1. The van der Waals surface area contributed by atoms with Gasteiger partial charge in [-0.3, -0.25) is 4.79 Å². The van der Waals surface area contributed by atoms with Crippen molar-refractivity contribution in [3.63, 3.8) is 0 Å². The number of rotatable bonds is 9. The quantitative estimate of drug-likeness (QED) is 0.527. The van der Waals surface area contributed by atoms with Crippen LogP contribution >= 0.6 is 12.4 Å². The van der Waals surface area contributed by atoms with Crippen molar-refractivity contribution in [2.45, 2.75) is 43.0 Å². The molecule has 1 aliphatic rings. The van der Waals surface area contributed by atoms with Gasteiger partial charge in [0.05, 0.1) is 11.5 Å². The Balaban J connectivity index is 0.00000364. The summed E-state index contributed by atoms with van der Waals surface area (Å²) in [6.45, 7) is 0.897. The highest BCUT2D eigenvalue weighted by Gasteiger charge is 2.24. The lowest BCUT2D eigenvalue weighted by molar-refractivity contribution is 0.0915. The predicted octanol–water partition coefficient (Wildman–Crippen LogP) is 1.67. The summed E-state index contributed by atoms with van der Waals surface area (Å²) in [4.78, 5) is 12.6. The molecule has 1 amide bonds. The van der Waals surface area contributed by atoms with E-state index in [0.29, 0.717) is 24.6 Å².